The lowest BCUT2D eigenvalue weighted by Gasteiger charge is -2.19. The summed E-state index contributed by atoms with van der Waals surface area (Å²) in [6, 6.07) is 7.06. The molecule has 0 unspecified atom stereocenters. The van der Waals surface area contributed by atoms with Gasteiger partial charge in [-0.2, -0.15) is 5.26 Å². The number of ether oxygens (including phenoxy) is 2. The highest BCUT2D eigenvalue weighted by Gasteiger charge is 2.25. The summed E-state index contributed by atoms with van der Waals surface area (Å²) >= 11 is 0. The second kappa shape index (κ2) is 5.41. The molecule has 0 aliphatic rings. The number of rotatable bonds is 4. The van der Waals surface area contributed by atoms with Crippen LogP contribution in [0, 0.1) is 11.3 Å². The van der Waals surface area contributed by atoms with Gasteiger partial charge in [-0.25, -0.2) is 0 Å². The lowest BCUT2D eigenvalue weighted by Crippen LogP contribution is -2.42. The van der Waals surface area contributed by atoms with Crippen LogP contribution < -0.4 is 14.8 Å². The third-order valence-corrected chi connectivity index (χ3v) is 2.36. The number of carbonyl (C=O) groups is 1. The summed E-state index contributed by atoms with van der Waals surface area (Å²) in [5.74, 6) is 0.400. The molecule has 0 bridgehead atoms. The molecule has 0 aliphatic heterocycles. The second-order valence-corrected chi connectivity index (χ2v) is 4.23. The maximum atomic E-state index is 12.2. The fraction of sp³-hybridized carbons (Fsp3) is 0.385. The molecule has 0 atom stereocenters. The van der Waals surface area contributed by atoms with Crippen molar-refractivity contribution in [1.29, 1.82) is 5.26 Å². The summed E-state index contributed by atoms with van der Waals surface area (Å²) in [4.78, 5) is 12.2. The van der Waals surface area contributed by atoms with E-state index in [1.54, 1.807) is 32.0 Å². The van der Waals surface area contributed by atoms with Gasteiger partial charge in [-0.15, -0.1) is 0 Å². The van der Waals surface area contributed by atoms with Crippen molar-refractivity contribution in [3.8, 4) is 17.6 Å². The van der Waals surface area contributed by atoms with Gasteiger partial charge in [-0.1, -0.05) is 6.07 Å². The van der Waals surface area contributed by atoms with E-state index in [9.17, 15) is 4.79 Å². The van der Waals surface area contributed by atoms with Crippen LogP contribution in [-0.4, -0.2) is 25.7 Å². The van der Waals surface area contributed by atoms with Gasteiger partial charge in [0.25, 0.3) is 5.91 Å². The Morgan fingerprint density at radius 1 is 1.28 bits per heavy atom. The fourth-order valence-electron chi connectivity index (χ4n) is 1.45. The van der Waals surface area contributed by atoms with E-state index in [0.717, 1.165) is 0 Å². The largest absolute Gasteiger partial charge is 0.496 e. The zero-order valence-electron chi connectivity index (χ0n) is 10.9. The van der Waals surface area contributed by atoms with Crippen LogP contribution in [0.3, 0.4) is 0 Å². The number of amides is 1. The Hall–Kier alpha value is -2.22. The normalized spacial score (nSPS) is 10.4. The van der Waals surface area contributed by atoms with Gasteiger partial charge >= 0.3 is 0 Å². The fourth-order valence-corrected chi connectivity index (χ4v) is 1.45. The molecule has 96 valence electrons. The molecular formula is C13H16N2O3. The van der Waals surface area contributed by atoms with Crippen molar-refractivity contribution in [1.82, 2.24) is 5.32 Å². The van der Waals surface area contributed by atoms with Crippen LogP contribution in [0.2, 0.25) is 0 Å². The number of methoxy groups -OCH3 is 2. The average Bonchev–Trinajstić information content (AvgIpc) is 2.37. The summed E-state index contributed by atoms with van der Waals surface area (Å²) in [6.07, 6.45) is 0. The Kier molecular flexibility index (Phi) is 4.16. The molecule has 0 aliphatic carbocycles. The number of hydrogen-bond acceptors (Lipinski definition) is 4. The SMILES string of the molecule is COc1cccc(OC)c1C(=O)NC(C)(C)C#N. The molecule has 18 heavy (non-hydrogen) atoms. The highest BCUT2D eigenvalue weighted by Crippen LogP contribution is 2.28. The highest BCUT2D eigenvalue weighted by molar-refractivity contribution is 6.00. The number of nitrogens with zero attached hydrogens (tertiary/aromatic N) is 1. The average molecular weight is 248 g/mol. The van der Waals surface area contributed by atoms with Gasteiger partial charge < -0.3 is 14.8 Å². The van der Waals surface area contributed by atoms with Crippen molar-refractivity contribution in [2.75, 3.05) is 14.2 Å². The molecule has 1 amide bonds. The van der Waals surface area contributed by atoms with Gasteiger partial charge in [0, 0.05) is 0 Å². The Bertz CT molecular complexity index is 467. The van der Waals surface area contributed by atoms with Crippen LogP contribution in [0.5, 0.6) is 11.5 Å². The Labute approximate surface area is 106 Å². The first-order chi connectivity index (χ1) is 8.45. The predicted molar refractivity (Wildman–Crippen MR) is 66.7 cm³/mol. The Morgan fingerprint density at radius 3 is 2.17 bits per heavy atom. The first-order valence-electron chi connectivity index (χ1n) is 5.40. The molecule has 1 rings (SSSR count). The molecule has 0 aromatic heterocycles. The Balaban J connectivity index is 3.16. The second-order valence-electron chi connectivity index (χ2n) is 4.23. The molecule has 5 heteroatoms. The predicted octanol–water partition coefficient (Wildman–Crippen LogP) is 1.74. The zero-order valence-corrected chi connectivity index (χ0v) is 10.9. The number of hydrogen-bond donors (Lipinski definition) is 1. The number of nitriles is 1. The van der Waals surface area contributed by atoms with E-state index in [1.807, 2.05) is 6.07 Å². The van der Waals surface area contributed by atoms with E-state index in [2.05, 4.69) is 5.32 Å². The van der Waals surface area contributed by atoms with E-state index in [4.69, 9.17) is 14.7 Å². The molecule has 0 saturated carbocycles. The van der Waals surface area contributed by atoms with Gasteiger partial charge in [-0.3, -0.25) is 4.79 Å². The smallest absolute Gasteiger partial charge is 0.260 e. The molecule has 5 nitrogen and oxygen atoms in total. The minimum atomic E-state index is -0.955. The molecule has 0 saturated heterocycles. The summed E-state index contributed by atoms with van der Waals surface area (Å²) in [5.41, 5.74) is -0.672. The van der Waals surface area contributed by atoms with E-state index < -0.39 is 11.4 Å². The molecule has 0 spiro atoms. The number of carbonyl (C=O) groups excluding carboxylic acids is 1. The van der Waals surface area contributed by atoms with Gasteiger partial charge in [0.05, 0.1) is 20.3 Å². The lowest BCUT2D eigenvalue weighted by molar-refractivity contribution is 0.0923. The molecule has 0 heterocycles. The lowest BCUT2D eigenvalue weighted by atomic mass is 10.1. The van der Waals surface area contributed by atoms with E-state index in [0.29, 0.717) is 11.5 Å². The first kappa shape index (κ1) is 13.8. The zero-order chi connectivity index (χ0) is 13.8. The van der Waals surface area contributed by atoms with Crippen molar-refractivity contribution in [2.24, 2.45) is 0 Å². The Morgan fingerprint density at radius 2 is 1.78 bits per heavy atom. The molecule has 0 fully saturated rings. The van der Waals surface area contributed by atoms with Crippen LogP contribution in [0.25, 0.3) is 0 Å². The van der Waals surface area contributed by atoms with Crippen LogP contribution >= 0.6 is 0 Å². The number of nitrogens with one attached hydrogen (secondary N) is 1. The van der Waals surface area contributed by atoms with Crippen molar-refractivity contribution >= 4 is 5.91 Å². The minimum absolute atomic E-state index is 0.283. The van der Waals surface area contributed by atoms with Crippen molar-refractivity contribution in [3.05, 3.63) is 23.8 Å². The molecule has 1 aromatic rings. The van der Waals surface area contributed by atoms with E-state index in [-0.39, 0.29) is 5.56 Å². The standard InChI is InChI=1S/C13H16N2O3/c1-13(2,8-14)15-12(16)11-9(17-3)6-5-7-10(11)18-4/h5-7H,1-4H3,(H,15,16). The van der Waals surface area contributed by atoms with Gasteiger partial charge in [0.15, 0.2) is 0 Å². The molecule has 0 radical (unpaired) electrons. The first-order valence-corrected chi connectivity index (χ1v) is 5.40. The maximum Gasteiger partial charge on any atom is 0.260 e. The van der Waals surface area contributed by atoms with Crippen LogP contribution in [-0.2, 0) is 0 Å². The van der Waals surface area contributed by atoms with Crippen LogP contribution in [0.1, 0.15) is 24.2 Å². The van der Waals surface area contributed by atoms with Gasteiger partial charge in [0.2, 0.25) is 0 Å². The minimum Gasteiger partial charge on any atom is -0.496 e. The van der Waals surface area contributed by atoms with Gasteiger partial charge in [0.1, 0.15) is 22.6 Å². The number of benzene rings is 1. The van der Waals surface area contributed by atoms with Crippen molar-refractivity contribution in [2.45, 2.75) is 19.4 Å². The molecule has 1 N–H and O–H groups in total. The highest BCUT2D eigenvalue weighted by atomic mass is 16.5. The van der Waals surface area contributed by atoms with Crippen LogP contribution in [0.15, 0.2) is 18.2 Å². The third kappa shape index (κ3) is 2.92. The van der Waals surface area contributed by atoms with Crippen LogP contribution in [0.4, 0.5) is 0 Å². The maximum absolute atomic E-state index is 12.2. The molecular weight excluding hydrogens is 232 g/mol. The summed E-state index contributed by atoms with van der Waals surface area (Å²) in [6.45, 7) is 3.24. The van der Waals surface area contributed by atoms with Gasteiger partial charge in [-0.05, 0) is 26.0 Å². The monoisotopic (exact) mass is 248 g/mol. The van der Waals surface area contributed by atoms with E-state index in [1.165, 1.54) is 14.2 Å². The topological polar surface area (TPSA) is 71.3 Å². The van der Waals surface area contributed by atoms with E-state index >= 15 is 0 Å². The summed E-state index contributed by atoms with van der Waals surface area (Å²) in [5, 5.41) is 11.5. The van der Waals surface area contributed by atoms with Crippen molar-refractivity contribution < 1.29 is 14.3 Å². The van der Waals surface area contributed by atoms with Crippen molar-refractivity contribution in [3.63, 3.8) is 0 Å². The summed E-state index contributed by atoms with van der Waals surface area (Å²) < 4.78 is 10.3. The molecule has 1 aromatic carbocycles. The third-order valence-electron chi connectivity index (χ3n) is 2.36. The quantitative estimate of drug-likeness (QED) is 0.880. The summed E-state index contributed by atoms with van der Waals surface area (Å²) in [7, 11) is 2.95.